The SMILES string of the molecule is CSc1[c-]s[c-]c1.[Li+].[Li+]. The van der Waals surface area contributed by atoms with Crippen LogP contribution in [0.4, 0.5) is 0 Å². The summed E-state index contributed by atoms with van der Waals surface area (Å²) in [5, 5.41) is 5.98. The first-order valence-electron chi connectivity index (χ1n) is 1.85. The number of thioether (sulfide) groups is 1. The van der Waals surface area contributed by atoms with Crippen molar-refractivity contribution in [2.45, 2.75) is 4.90 Å². The Morgan fingerprint density at radius 3 is 2.44 bits per heavy atom. The fourth-order valence-corrected chi connectivity index (χ4v) is 1.40. The summed E-state index contributed by atoms with van der Waals surface area (Å²) in [6, 6.07) is 1.94. The van der Waals surface area contributed by atoms with Crippen molar-refractivity contribution >= 4 is 23.1 Å². The Morgan fingerprint density at radius 1 is 1.56 bits per heavy atom. The minimum absolute atomic E-state index is 0. The van der Waals surface area contributed by atoms with Gasteiger partial charge in [-0.05, 0) is 6.26 Å². The molecule has 1 aromatic rings. The molecule has 0 unspecified atom stereocenters. The van der Waals surface area contributed by atoms with Crippen molar-refractivity contribution < 1.29 is 37.7 Å². The molecule has 1 aromatic heterocycles. The minimum Gasteiger partial charge on any atom is -0.473 e. The van der Waals surface area contributed by atoms with Gasteiger partial charge in [-0.2, -0.15) is 11.8 Å². The van der Waals surface area contributed by atoms with Gasteiger partial charge in [0.2, 0.25) is 0 Å². The Hall–Kier alpha value is 1.24. The first-order valence-corrected chi connectivity index (χ1v) is 3.89. The summed E-state index contributed by atoms with van der Waals surface area (Å²) < 4.78 is 0. The molecular formula is C5H4Li2S2. The van der Waals surface area contributed by atoms with Crippen LogP contribution in [-0.4, -0.2) is 6.26 Å². The second kappa shape index (κ2) is 7.35. The summed E-state index contributed by atoms with van der Waals surface area (Å²) in [6.07, 6.45) is 2.03. The van der Waals surface area contributed by atoms with Crippen LogP contribution in [0.5, 0.6) is 0 Å². The van der Waals surface area contributed by atoms with Crippen LogP contribution in [0.3, 0.4) is 0 Å². The predicted molar refractivity (Wildman–Crippen MR) is 33.8 cm³/mol. The second-order valence-electron chi connectivity index (χ2n) is 1.03. The molecule has 0 aliphatic heterocycles. The molecule has 4 heteroatoms. The Balaban J connectivity index is 0. The number of rotatable bonds is 1. The van der Waals surface area contributed by atoms with Gasteiger partial charge in [-0.15, -0.1) is 0 Å². The molecule has 0 saturated heterocycles. The van der Waals surface area contributed by atoms with Crippen LogP contribution in [0, 0.1) is 10.8 Å². The van der Waals surface area contributed by atoms with E-state index in [2.05, 4.69) is 10.8 Å². The largest absolute Gasteiger partial charge is 1.00 e. The van der Waals surface area contributed by atoms with Crippen LogP contribution in [0.2, 0.25) is 0 Å². The minimum atomic E-state index is 0. The van der Waals surface area contributed by atoms with Gasteiger partial charge < -0.3 is 22.8 Å². The molecule has 0 atom stereocenters. The third kappa shape index (κ3) is 4.62. The van der Waals surface area contributed by atoms with Gasteiger partial charge in [0.05, 0.1) is 0 Å². The first-order chi connectivity index (χ1) is 3.43. The zero-order chi connectivity index (χ0) is 5.11. The maximum absolute atomic E-state index is 3.04. The molecule has 0 nitrogen and oxygen atoms in total. The van der Waals surface area contributed by atoms with E-state index in [1.54, 1.807) is 11.8 Å². The van der Waals surface area contributed by atoms with Crippen molar-refractivity contribution in [2.75, 3.05) is 6.26 Å². The van der Waals surface area contributed by atoms with E-state index in [0.29, 0.717) is 0 Å². The summed E-state index contributed by atoms with van der Waals surface area (Å²) >= 11 is 3.19. The van der Waals surface area contributed by atoms with Crippen LogP contribution in [0.25, 0.3) is 0 Å². The molecule has 9 heavy (non-hydrogen) atoms. The van der Waals surface area contributed by atoms with E-state index in [4.69, 9.17) is 0 Å². The van der Waals surface area contributed by atoms with Gasteiger partial charge >= 0.3 is 37.7 Å². The summed E-state index contributed by atoms with van der Waals surface area (Å²) in [5.41, 5.74) is 0. The Morgan fingerprint density at radius 2 is 2.22 bits per heavy atom. The smallest absolute Gasteiger partial charge is 0.473 e. The summed E-state index contributed by atoms with van der Waals surface area (Å²) in [4.78, 5) is 1.19. The molecule has 0 N–H and O–H groups in total. The Bertz CT molecular complexity index is 128. The van der Waals surface area contributed by atoms with Crippen molar-refractivity contribution in [3.63, 3.8) is 0 Å². The molecule has 1 rings (SSSR count). The molecule has 0 amide bonds. The molecule has 0 spiro atoms. The van der Waals surface area contributed by atoms with Gasteiger partial charge in [0.25, 0.3) is 0 Å². The standard InChI is InChI=1S/C5H4S2.2Li/c1-6-5-2-3-7-4-5;;/h2H,1H3;;/q-2;2*+1. The van der Waals surface area contributed by atoms with E-state index in [0.717, 1.165) is 0 Å². The third-order valence-electron chi connectivity index (χ3n) is 0.620. The molecule has 0 aliphatic carbocycles. The third-order valence-corrected chi connectivity index (χ3v) is 1.97. The van der Waals surface area contributed by atoms with Gasteiger partial charge in [0, 0.05) is 0 Å². The van der Waals surface area contributed by atoms with Crippen molar-refractivity contribution in [1.82, 2.24) is 0 Å². The Kier molecular flexibility index (Phi) is 10.5. The van der Waals surface area contributed by atoms with Gasteiger partial charge in [0.15, 0.2) is 0 Å². The van der Waals surface area contributed by atoms with Crippen molar-refractivity contribution in [3.8, 4) is 0 Å². The quantitative estimate of drug-likeness (QED) is 0.219. The van der Waals surface area contributed by atoms with E-state index >= 15 is 0 Å². The van der Waals surface area contributed by atoms with Gasteiger partial charge in [-0.3, -0.25) is 5.38 Å². The van der Waals surface area contributed by atoms with E-state index in [-0.39, 0.29) is 37.7 Å². The summed E-state index contributed by atoms with van der Waals surface area (Å²) in [6.45, 7) is 0. The molecule has 0 aromatic carbocycles. The van der Waals surface area contributed by atoms with E-state index in [1.165, 1.54) is 16.2 Å². The number of hydrogen-bond donors (Lipinski definition) is 0. The molecule has 0 radical (unpaired) electrons. The fraction of sp³-hybridized carbons (Fsp3) is 0.200. The second-order valence-corrected chi connectivity index (χ2v) is 2.53. The topological polar surface area (TPSA) is 0 Å². The van der Waals surface area contributed by atoms with E-state index in [1.807, 2.05) is 12.3 Å². The maximum atomic E-state index is 3.04. The maximum Gasteiger partial charge on any atom is 1.00 e. The Labute approximate surface area is 88.2 Å². The van der Waals surface area contributed by atoms with Crippen LogP contribution < -0.4 is 37.7 Å². The molecule has 0 bridgehead atoms. The zero-order valence-corrected chi connectivity index (χ0v) is 7.53. The zero-order valence-electron chi connectivity index (χ0n) is 5.89. The normalized spacial score (nSPS) is 7.22. The number of hydrogen-bond acceptors (Lipinski definition) is 2. The molecule has 38 valence electrons. The van der Waals surface area contributed by atoms with Crippen LogP contribution in [0.15, 0.2) is 11.0 Å². The van der Waals surface area contributed by atoms with Crippen molar-refractivity contribution in [1.29, 1.82) is 0 Å². The predicted octanol–water partition coefficient (Wildman–Crippen LogP) is -3.92. The van der Waals surface area contributed by atoms with Gasteiger partial charge in [-0.1, -0.05) is 0 Å². The molecule has 0 fully saturated rings. The van der Waals surface area contributed by atoms with Crippen molar-refractivity contribution in [3.05, 3.63) is 16.8 Å². The molecule has 1 heterocycles. The average molecular weight is 142 g/mol. The van der Waals surface area contributed by atoms with Gasteiger partial charge in [-0.25, -0.2) is 4.90 Å². The molecule has 0 saturated carbocycles. The first kappa shape index (κ1) is 12.9. The number of thiophene rings is 1. The van der Waals surface area contributed by atoms with Crippen LogP contribution in [0.1, 0.15) is 0 Å². The average Bonchev–Trinajstić information content (AvgIpc) is 2.14. The summed E-state index contributed by atoms with van der Waals surface area (Å²) in [5.74, 6) is 0. The molecular weight excluding hydrogens is 138 g/mol. The summed E-state index contributed by atoms with van der Waals surface area (Å²) in [7, 11) is 0. The monoisotopic (exact) mass is 142 g/mol. The van der Waals surface area contributed by atoms with Crippen LogP contribution >= 0.6 is 23.1 Å². The van der Waals surface area contributed by atoms with E-state index < -0.39 is 0 Å². The van der Waals surface area contributed by atoms with Gasteiger partial charge in [0.1, 0.15) is 0 Å². The van der Waals surface area contributed by atoms with Crippen LogP contribution in [-0.2, 0) is 0 Å². The molecule has 0 aliphatic rings. The van der Waals surface area contributed by atoms with Crippen molar-refractivity contribution in [2.24, 2.45) is 0 Å². The van der Waals surface area contributed by atoms with E-state index in [9.17, 15) is 0 Å². The fourth-order valence-electron chi connectivity index (χ4n) is 0.293.